The van der Waals surface area contributed by atoms with Gasteiger partial charge in [-0.1, -0.05) is 12.1 Å². The predicted molar refractivity (Wildman–Crippen MR) is 134 cm³/mol. The van der Waals surface area contributed by atoms with E-state index in [1.54, 1.807) is 12.4 Å². The summed E-state index contributed by atoms with van der Waals surface area (Å²) in [5.74, 6) is -0.529. The molecule has 184 valence electrons. The maximum absolute atomic E-state index is 14.3. The minimum atomic E-state index is -1.05. The van der Waals surface area contributed by atoms with Gasteiger partial charge < -0.3 is 14.7 Å². The summed E-state index contributed by atoms with van der Waals surface area (Å²) in [5, 5.41) is 10.3. The van der Waals surface area contributed by atoms with E-state index in [1.807, 2.05) is 35.8 Å². The summed E-state index contributed by atoms with van der Waals surface area (Å²) in [7, 11) is 0. The molecule has 1 N–H and O–H groups in total. The summed E-state index contributed by atoms with van der Waals surface area (Å²) in [5.41, 5.74) is 4.96. The average molecular weight is 488 g/mol. The van der Waals surface area contributed by atoms with Gasteiger partial charge in [0.15, 0.2) is 5.69 Å². The second kappa shape index (κ2) is 8.91. The number of ether oxygens (including phenoxy) is 1. The van der Waals surface area contributed by atoms with Crippen molar-refractivity contribution in [3.8, 4) is 11.4 Å². The van der Waals surface area contributed by atoms with Crippen LogP contribution in [0.1, 0.15) is 27.4 Å². The first kappa shape index (κ1) is 22.5. The predicted octanol–water partition coefficient (Wildman–Crippen LogP) is 3.82. The molecule has 2 aromatic carbocycles. The van der Waals surface area contributed by atoms with Crippen LogP contribution in [0.4, 0.5) is 10.1 Å². The molecule has 0 spiro atoms. The molecular formula is C27H26FN5O3. The van der Waals surface area contributed by atoms with Crippen LogP contribution in [0.2, 0.25) is 0 Å². The van der Waals surface area contributed by atoms with E-state index in [2.05, 4.69) is 25.8 Å². The summed E-state index contributed by atoms with van der Waals surface area (Å²) < 4.78 is 22.1. The highest BCUT2D eigenvalue weighted by atomic mass is 19.1. The second-order valence-electron chi connectivity index (χ2n) is 9.29. The molecule has 0 saturated carbocycles. The highest BCUT2D eigenvalue weighted by Crippen LogP contribution is 2.35. The molecule has 1 saturated heterocycles. The molecule has 0 amide bonds. The number of hydrogen-bond acceptors (Lipinski definition) is 6. The van der Waals surface area contributed by atoms with Crippen molar-refractivity contribution in [2.24, 2.45) is 0 Å². The Bertz CT molecular complexity index is 1470. The molecule has 2 aliphatic rings. The molecule has 36 heavy (non-hydrogen) atoms. The fraction of sp³-hybridized carbons (Fsp3) is 0.296. The lowest BCUT2D eigenvalue weighted by Gasteiger charge is -2.36. The van der Waals surface area contributed by atoms with Crippen LogP contribution in [-0.2, 0) is 13.0 Å². The van der Waals surface area contributed by atoms with E-state index in [4.69, 9.17) is 4.74 Å². The molecule has 2 aromatic heterocycles. The van der Waals surface area contributed by atoms with Gasteiger partial charge in [0.1, 0.15) is 24.5 Å². The molecule has 4 heterocycles. The molecule has 9 heteroatoms. The molecule has 0 unspecified atom stereocenters. The van der Waals surface area contributed by atoms with Gasteiger partial charge in [-0.3, -0.25) is 14.5 Å². The van der Waals surface area contributed by atoms with E-state index in [0.717, 1.165) is 72.9 Å². The zero-order valence-corrected chi connectivity index (χ0v) is 19.9. The van der Waals surface area contributed by atoms with Crippen molar-refractivity contribution in [3.05, 3.63) is 77.3 Å². The molecule has 6 rings (SSSR count). The zero-order chi connectivity index (χ0) is 24.8. The van der Waals surface area contributed by atoms with Crippen molar-refractivity contribution >= 4 is 22.6 Å². The third-order valence-electron chi connectivity index (χ3n) is 7.06. The van der Waals surface area contributed by atoms with Crippen LogP contribution in [0.25, 0.3) is 16.6 Å². The Hall–Kier alpha value is -3.98. The minimum Gasteiger partial charge on any atom is -0.485 e. The van der Waals surface area contributed by atoms with Crippen LogP contribution >= 0.6 is 0 Å². The number of halogens is 1. The Morgan fingerprint density at radius 2 is 1.94 bits per heavy atom. The number of pyridine rings is 1. The molecule has 0 radical (unpaired) electrons. The number of carboxylic acids is 1. The van der Waals surface area contributed by atoms with Crippen LogP contribution < -0.4 is 9.64 Å². The van der Waals surface area contributed by atoms with Crippen LogP contribution in [0.3, 0.4) is 0 Å². The Morgan fingerprint density at radius 3 is 2.75 bits per heavy atom. The van der Waals surface area contributed by atoms with Gasteiger partial charge in [0.05, 0.1) is 16.9 Å². The number of rotatable bonds is 5. The van der Waals surface area contributed by atoms with E-state index in [-0.39, 0.29) is 18.1 Å². The number of aryl methyl sites for hydroxylation is 1. The number of benzene rings is 2. The quantitative estimate of drug-likeness (QED) is 0.458. The topological polar surface area (TPSA) is 83.7 Å². The van der Waals surface area contributed by atoms with Gasteiger partial charge in [-0.25, -0.2) is 14.2 Å². The number of aromatic carboxylic acids is 1. The molecule has 0 atom stereocenters. The molecule has 2 aliphatic heterocycles. The van der Waals surface area contributed by atoms with Gasteiger partial charge in [0.2, 0.25) is 0 Å². The standard InChI is InChI=1S/C27H26FN5O3/c1-17-5-6-20-21(30-17)13-19(28)14-23(20)32-11-9-31(10-12-32)8-7-18-3-2-4-22-26(18)36-15-24-25(27(34)35)29-16-33(22)24/h2-6,13-14,16H,7-12,15H2,1H3,(H,34,35). The van der Waals surface area contributed by atoms with Gasteiger partial charge in [-0.05, 0) is 43.2 Å². The van der Waals surface area contributed by atoms with Crippen LogP contribution in [0.15, 0.2) is 48.8 Å². The van der Waals surface area contributed by atoms with Crippen molar-refractivity contribution < 1.29 is 19.0 Å². The van der Waals surface area contributed by atoms with E-state index in [0.29, 0.717) is 11.2 Å². The third kappa shape index (κ3) is 3.95. The maximum atomic E-state index is 14.3. The lowest BCUT2D eigenvalue weighted by molar-refractivity contribution is 0.0687. The van der Waals surface area contributed by atoms with Gasteiger partial charge in [0, 0.05) is 55.6 Å². The number of piperazine rings is 1. The number of carboxylic acid groups (broad SMARTS) is 1. The molecule has 0 bridgehead atoms. The van der Waals surface area contributed by atoms with Gasteiger partial charge >= 0.3 is 5.97 Å². The normalized spacial score (nSPS) is 15.4. The fourth-order valence-electron chi connectivity index (χ4n) is 5.20. The SMILES string of the molecule is Cc1ccc2c(N3CCN(CCc4cccc5c4OCc4c(C(=O)O)ncn4-5)CC3)cc(F)cc2n1. The summed E-state index contributed by atoms with van der Waals surface area (Å²) in [6.07, 6.45) is 2.36. The number of aromatic nitrogens is 3. The first-order valence-corrected chi connectivity index (χ1v) is 12.1. The minimum absolute atomic E-state index is 0.0286. The highest BCUT2D eigenvalue weighted by molar-refractivity contribution is 5.92. The Labute approximate surface area is 207 Å². The average Bonchev–Trinajstić information content (AvgIpc) is 3.32. The Kier molecular flexibility index (Phi) is 5.56. The van der Waals surface area contributed by atoms with Crippen molar-refractivity contribution in [3.63, 3.8) is 0 Å². The van der Waals surface area contributed by atoms with Gasteiger partial charge in [0.25, 0.3) is 0 Å². The molecule has 0 aliphatic carbocycles. The Morgan fingerprint density at radius 1 is 1.11 bits per heavy atom. The molecular weight excluding hydrogens is 461 g/mol. The smallest absolute Gasteiger partial charge is 0.356 e. The number of imidazole rings is 1. The summed E-state index contributed by atoms with van der Waals surface area (Å²) in [4.78, 5) is 24.6. The number of nitrogens with zero attached hydrogens (tertiary/aromatic N) is 5. The second-order valence-corrected chi connectivity index (χ2v) is 9.29. The molecule has 8 nitrogen and oxygen atoms in total. The number of anilines is 1. The van der Waals surface area contributed by atoms with E-state index in [9.17, 15) is 14.3 Å². The Balaban J connectivity index is 1.14. The zero-order valence-electron chi connectivity index (χ0n) is 19.9. The first-order valence-electron chi connectivity index (χ1n) is 12.1. The summed E-state index contributed by atoms with van der Waals surface area (Å²) in [6, 6.07) is 13.1. The van der Waals surface area contributed by atoms with Gasteiger partial charge in [-0.15, -0.1) is 0 Å². The van der Waals surface area contributed by atoms with E-state index in [1.165, 1.54) is 6.07 Å². The van der Waals surface area contributed by atoms with Crippen molar-refractivity contribution in [1.29, 1.82) is 0 Å². The van der Waals surface area contributed by atoms with E-state index >= 15 is 0 Å². The maximum Gasteiger partial charge on any atom is 0.356 e. The molecule has 1 fully saturated rings. The van der Waals surface area contributed by atoms with Crippen LogP contribution in [-0.4, -0.2) is 63.2 Å². The number of fused-ring (bicyclic) bond motifs is 4. The molecule has 4 aromatic rings. The summed E-state index contributed by atoms with van der Waals surface area (Å²) in [6.45, 7) is 6.34. The number of carbonyl (C=O) groups is 1. The van der Waals surface area contributed by atoms with Crippen molar-refractivity contribution in [1.82, 2.24) is 19.4 Å². The first-order chi connectivity index (χ1) is 17.5. The van der Waals surface area contributed by atoms with Crippen LogP contribution in [0, 0.1) is 12.7 Å². The van der Waals surface area contributed by atoms with Crippen LogP contribution in [0.5, 0.6) is 5.75 Å². The monoisotopic (exact) mass is 487 g/mol. The third-order valence-corrected chi connectivity index (χ3v) is 7.06. The van der Waals surface area contributed by atoms with Crippen molar-refractivity contribution in [2.45, 2.75) is 20.0 Å². The fourth-order valence-corrected chi connectivity index (χ4v) is 5.20. The van der Waals surface area contributed by atoms with E-state index < -0.39 is 5.97 Å². The lowest BCUT2D eigenvalue weighted by Crippen LogP contribution is -2.47. The number of hydrogen-bond donors (Lipinski definition) is 1. The summed E-state index contributed by atoms with van der Waals surface area (Å²) >= 11 is 0. The van der Waals surface area contributed by atoms with Gasteiger partial charge in [-0.2, -0.15) is 0 Å². The highest BCUT2D eigenvalue weighted by Gasteiger charge is 2.26. The number of para-hydroxylation sites is 1. The largest absolute Gasteiger partial charge is 0.485 e. The van der Waals surface area contributed by atoms with Crippen molar-refractivity contribution in [2.75, 3.05) is 37.6 Å². The lowest BCUT2D eigenvalue weighted by atomic mass is 10.1.